The van der Waals surface area contributed by atoms with Crippen molar-refractivity contribution in [3.63, 3.8) is 0 Å². The Hall–Kier alpha value is -1.26. The fraction of sp³-hybridized carbons (Fsp3) is 0.909. The van der Waals surface area contributed by atoms with Crippen LogP contribution in [-0.2, 0) is 9.53 Å². The molecule has 0 saturated carbocycles. The average Bonchev–Trinajstić information content (AvgIpc) is 2.36. The summed E-state index contributed by atoms with van der Waals surface area (Å²) in [4.78, 5) is 14.1. The Kier molecular flexibility index (Phi) is 10.4. The fourth-order valence-corrected chi connectivity index (χ4v) is 1.55. The molecule has 17 heavy (non-hydrogen) atoms. The minimum absolute atomic E-state index is 0.248. The second-order valence-corrected chi connectivity index (χ2v) is 3.83. The predicted molar refractivity (Wildman–Crippen MR) is 66.6 cm³/mol. The van der Waals surface area contributed by atoms with Gasteiger partial charge in [-0.1, -0.05) is 37.7 Å². The van der Waals surface area contributed by atoms with Crippen LogP contribution >= 0.6 is 0 Å². The van der Waals surface area contributed by atoms with E-state index < -0.39 is 0 Å². The van der Waals surface area contributed by atoms with Crippen molar-refractivity contribution in [2.45, 2.75) is 45.1 Å². The van der Waals surface area contributed by atoms with Crippen molar-refractivity contribution >= 4 is 5.97 Å². The Labute approximate surface area is 102 Å². The highest BCUT2D eigenvalue weighted by atomic mass is 16.5. The molecule has 0 fully saturated rings. The van der Waals surface area contributed by atoms with E-state index in [0.717, 1.165) is 19.3 Å². The summed E-state index contributed by atoms with van der Waals surface area (Å²) in [6.07, 6.45) is 5.26. The number of unbranched alkanes of at least 4 members (excludes halogenated alkanes) is 3. The topological polar surface area (TPSA) is 87.1 Å². The Bertz CT molecular complexity index is 252. The highest BCUT2D eigenvalue weighted by Gasteiger charge is 2.17. The van der Waals surface area contributed by atoms with Crippen LogP contribution in [0.3, 0.4) is 0 Å². The molecule has 0 radical (unpaired) electrons. The number of rotatable bonds is 10. The van der Waals surface area contributed by atoms with E-state index in [-0.39, 0.29) is 12.0 Å². The van der Waals surface area contributed by atoms with Crippen LogP contribution in [0.25, 0.3) is 10.4 Å². The molecule has 0 aliphatic rings. The molecule has 0 amide bonds. The Morgan fingerprint density at radius 3 is 2.82 bits per heavy atom. The number of hydrogen-bond donors (Lipinski definition) is 1. The standard InChI is InChI=1S/C11H22N4O2/c1-3-4-5-6-7-10(11(16)17-2)13-8-9-14-15-12/h10,13H,3-9H2,1-2H3. The molecule has 1 atom stereocenters. The van der Waals surface area contributed by atoms with Gasteiger partial charge in [0.2, 0.25) is 0 Å². The lowest BCUT2D eigenvalue weighted by molar-refractivity contribution is -0.143. The van der Waals surface area contributed by atoms with Crippen molar-refractivity contribution in [1.82, 2.24) is 5.32 Å². The van der Waals surface area contributed by atoms with Gasteiger partial charge in [-0.25, -0.2) is 0 Å². The first kappa shape index (κ1) is 15.7. The monoisotopic (exact) mass is 242 g/mol. The summed E-state index contributed by atoms with van der Waals surface area (Å²) in [6, 6.07) is -0.286. The molecular formula is C11H22N4O2. The van der Waals surface area contributed by atoms with Crippen molar-refractivity contribution in [2.24, 2.45) is 5.11 Å². The Balaban J connectivity index is 3.88. The van der Waals surface area contributed by atoms with Crippen molar-refractivity contribution in [2.75, 3.05) is 20.2 Å². The summed E-state index contributed by atoms with van der Waals surface area (Å²) in [5.41, 5.74) is 8.13. The maximum absolute atomic E-state index is 11.5. The van der Waals surface area contributed by atoms with Crippen molar-refractivity contribution in [3.8, 4) is 0 Å². The minimum Gasteiger partial charge on any atom is -0.468 e. The third-order valence-corrected chi connectivity index (χ3v) is 2.50. The van der Waals surface area contributed by atoms with E-state index in [1.807, 2.05) is 0 Å². The van der Waals surface area contributed by atoms with Gasteiger partial charge in [0.1, 0.15) is 6.04 Å². The normalized spacial score (nSPS) is 11.6. The summed E-state index contributed by atoms with van der Waals surface area (Å²) in [6.45, 7) is 2.99. The van der Waals surface area contributed by atoms with Crippen molar-refractivity contribution in [1.29, 1.82) is 0 Å². The van der Waals surface area contributed by atoms with Crippen LogP contribution in [0.15, 0.2) is 5.11 Å². The SMILES string of the molecule is CCCCCCC(NCCN=[N+]=[N-])C(=O)OC. The number of nitrogens with zero attached hydrogens (tertiary/aromatic N) is 3. The largest absolute Gasteiger partial charge is 0.468 e. The molecule has 0 spiro atoms. The maximum Gasteiger partial charge on any atom is 0.322 e. The molecule has 0 aliphatic carbocycles. The lowest BCUT2D eigenvalue weighted by atomic mass is 10.1. The van der Waals surface area contributed by atoms with E-state index in [9.17, 15) is 4.79 Å². The van der Waals surface area contributed by atoms with E-state index in [0.29, 0.717) is 13.1 Å². The lowest BCUT2D eigenvalue weighted by Crippen LogP contribution is -2.38. The minimum atomic E-state index is -0.286. The fourth-order valence-electron chi connectivity index (χ4n) is 1.55. The lowest BCUT2D eigenvalue weighted by Gasteiger charge is -2.15. The van der Waals surface area contributed by atoms with Crippen LogP contribution in [0.4, 0.5) is 0 Å². The summed E-state index contributed by atoms with van der Waals surface area (Å²) in [5.74, 6) is -0.248. The summed E-state index contributed by atoms with van der Waals surface area (Å²) in [5, 5.41) is 6.45. The van der Waals surface area contributed by atoms with Gasteiger partial charge >= 0.3 is 5.97 Å². The van der Waals surface area contributed by atoms with Gasteiger partial charge in [0.15, 0.2) is 0 Å². The number of esters is 1. The molecule has 0 aromatic heterocycles. The van der Waals surface area contributed by atoms with Crippen LogP contribution in [-0.4, -0.2) is 32.2 Å². The molecular weight excluding hydrogens is 220 g/mol. The molecule has 0 aliphatic heterocycles. The van der Waals surface area contributed by atoms with E-state index in [4.69, 9.17) is 10.3 Å². The van der Waals surface area contributed by atoms with E-state index >= 15 is 0 Å². The Morgan fingerprint density at radius 2 is 2.24 bits per heavy atom. The van der Waals surface area contributed by atoms with Gasteiger partial charge in [-0.05, 0) is 12.0 Å². The second kappa shape index (κ2) is 11.2. The third-order valence-electron chi connectivity index (χ3n) is 2.50. The molecule has 0 rings (SSSR count). The number of methoxy groups -OCH3 is 1. The van der Waals surface area contributed by atoms with Gasteiger partial charge in [-0.2, -0.15) is 0 Å². The van der Waals surface area contributed by atoms with Crippen LogP contribution in [0.5, 0.6) is 0 Å². The van der Waals surface area contributed by atoms with Crippen LogP contribution < -0.4 is 5.32 Å². The molecule has 0 bridgehead atoms. The van der Waals surface area contributed by atoms with Crippen LogP contribution in [0.1, 0.15) is 39.0 Å². The zero-order valence-electron chi connectivity index (χ0n) is 10.7. The highest BCUT2D eigenvalue weighted by Crippen LogP contribution is 2.06. The van der Waals surface area contributed by atoms with E-state index in [1.54, 1.807) is 0 Å². The molecule has 98 valence electrons. The first-order chi connectivity index (χ1) is 8.26. The van der Waals surface area contributed by atoms with Gasteiger partial charge in [-0.15, -0.1) is 0 Å². The molecule has 1 N–H and O–H groups in total. The van der Waals surface area contributed by atoms with Gasteiger partial charge < -0.3 is 10.1 Å². The number of nitrogens with one attached hydrogen (secondary N) is 1. The van der Waals surface area contributed by atoms with E-state index in [2.05, 4.69) is 22.3 Å². The van der Waals surface area contributed by atoms with E-state index in [1.165, 1.54) is 20.0 Å². The van der Waals surface area contributed by atoms with Gasteiger partial charge in [0.25, 0.3) is 0 Å². The molecule has 0 heterocycles. The molecule has 1 unspecified atom stereocenters. The van der Waals surface area contributed by atoms with Crippen molar-refractivity contribution in [3.05, 3.63) is 10.4 Å². The second-order valence-electron chi connectivity index (χ2n) is 3.83. The summed E-state index contributed by atoms with van der Waals surface area (Å²) >= 11 is 0. The summed E-state index contributed by atoms with van der Waals surface area (Å²) in [7, 11) is 1.39. The highest BCUT2D eigenvalue weighted by molar-refractivity contribution is 5.75. The molecule has 0 saturated heterocycles. The average molecular weight is 242 g/mol. The number of carbonyl (C=O) groups excluding carboxylic acids is 1. The quantitative estimate of drug-likeness (QED) is 0.210. The smallest absolute Gasteiger partial charge is 0.322 e. The summed E-state index contributed by atoms with van der Waals surface area (Å²) < 4.78 is 4.72. The van der Waals surface area contributed by atoms with Crippen LogP contribution in [0, 0.1) is 0 Å². The number of hydrogen-bond acceptors (Lipinski definition) is 4. The number of carbonyl (C=O) groups is 1. The molecule has 0 aromatic carbocycles. The molecule has 6 nitrogen and oxygen atoms in total. The molecule has 6 heteroatoms. The maximum atomic E-state index is 11.5. The van der Waals surface area contributed by atoms with Crippen LogP contribution in [0.2, 0.25) is 0 Å². The van der Waals surface area contributed by atoms with Gasteiger partial charge in [0, 0.05) is 18.0 Å². The first-order valence-electron chi connectivity index (χ1n) is 6.08. The first-order valence-corrected chi connectivity index (χ1v) is 6.08. The zero-order valence-corrected chi connectivity index (χ0v) is 10.7. The Morgan fingerprint density at radius 1 is 1.47 bits per heavy atom. The van der Waals surface area contributed by atoms with Gasteiger partial charge in [0.05, 0.1) is 7.11 Å². The number of azide groups is 1. The van der Waals surface area contributed by atoms with Gasteiger partial charge in [-0.3, -0.25) is 4.79 Å². The zero-order chi connectivity index (χ0) is 12.9. The number of ether oxygens (including phenoxy) is 1. The molecule has 0 aromatic rings. The van der Waals surface area contributed by atoms with Crippen molar-refractivity contribution < 1.29 is 9.53 Å². The third kappa shape index (κ3) is 8.54. The predicted octanol–water partition coefficient (Wildman–Crippen LogP) is 2.40.